The summed E-state index contributed by atoms with van der Waals surface area (Å²) in [6.45, 7) is 2.64. The molecule has 3 heterocycles. The number of fused-ring (bicyclic) bond motifs is 1. The number of hydrogen-bond donors (Lipinski definition) is 4. The molecule has 2 saturated heterocycles. The van der Waals surface area contributed by atoms with Crippen molar-refractivity contribution in [2.45, 2.75) is 56.8 Å². The van der Waals surface area contributed by atoms with Gasteiger partial charge in [0.15, 0.2) is 0 Å². The van der Waals surface area contributed by atoms with E-state index in [1.165, 1.54) is 4.90 Å². The molecule has 232 valence electrons. The zero-order chi connectivity index (χ0) is 31.2. The summed E-state index contributed by atoms with van der Waals surface area (Å²) < 4.78 is 0. The Hall–Kier alpha value is -4.35. The minimum Gasteiger partial charge on any atom is -0.383 e. The molecule has 2 aliphatic heterocycles. The normalized spacial score (nSPS) is 22.2. The topological polar surface area (TPSA) is 144 Å². The zero-order valence-corrected chi connectivity index (χ0v) is 25.1. The van der Waals surface area contributed by atoms with Crippen molar-refractivity contribution >= 4 is 40.2 Å². The fourth-order valence-electron chi connectivity index (χ4n) is 6.17. The lowest BCUT2D eigenvalue weighted by Crippen LogP contribution is -2.53. The molecule has 11 heteroatoms. The predicted molar refractivity (Wildman–Crippen MR) is 166 cm³/mol. The number of amides is 4. The minimum atomic E-state index is -1.23. The number of likely N-dealkylation sites (N-methyl/N-ethyl adjacent to an activating group) is 1. The highest BCUT2D eigenvalue weighted by atomic mass is 16.3. The molecule has 3 aromatic rings. The summed E-state index contributed by atoms with van der Waals surface area (Å²) in [5, 5.41) is 20.1. The number of rotatable bonds is 10. The van der Waals surface area contributed by atoms with Gasteiger partial charge in [-0.1, -0.05) is 55.5 Å². The molecule has 4 amide bonds. The van der Waals surface area contributed by atoms with E-state index in [1.54, 1.807) is 18.1 Å². The Morgan fingerprint density at radius 1 is 0.977 bits per heavy atom. The van der Waals surface area contributed by atoms with Crippen LogP contribution in [-0.2, 0) is 25.6 Å². The predicted octanol–water partition coefficient (Wildman–Crippen LogP) is 1.71. The smallest absolute Gasteiger partial charge is 0.249 e. The van der Waals surface area contributed by atoms with E-state index in [0.29, 0.717) is 25.1 Å². The molecule has 0 aliphatic carbocycles. The van der Waals surface area contributed by atoms with Gasteiger partial charge < -0.3 is 30.9 Å². The van der Waals surface area contributed by atoms with Crippen LogP contribution in [0.1, 0.15) is 31.7 Å². The second-order valence-corrected chi connectivity index (χ2v) is 11.8. The van der Waals surface area contributed by atoms with Crippen molar-refractivity contribution in [3.8, 4) is 0 Å². The van der Waals surface area contributed by atoms with Crippen LogP contribution in [0.15, 0.2) is 66.9 Å². The number of carbonyl (C=O) groups is 4. The fraction of sp³-hybridized carbons (Fsp3) is 0.424. The Labute approximate surface area is 257 Å². The van der Waals surface area contributed by atoms with Crippen LogP contribution in [0.4, 0.5) is 5.69 Å². The van der Waals surface area contributed by atoms with Gasteiger partial charge >= 0.3 is 0 Å². The Morgan fingerprint density at radius 2 is 1.73 bits per heavy atom. The Bertz CT molecular complexity index is 1500. The number of carbonyl (C=O) groups excluding carboxylic acids is 4. The van der Waals surface area contributed by atoms with Crippen molar-refractivity contribution in [1.29, 1.82) is 0 Å². The fourth-order valence-corrected chi connectivity index (χ4v) is 6.17. The van der Waals surface area contributed by atoms with Gasteiger partial charge in [0.2, 0.25) is 23.6 Å². The maximum Gasteiger partial charge on any atom is 0.249 e. The number of nitrogens with zero attached hydrogens (tertiary/aromatic N) is 3. The van der Waals surface area contributed by atoms with Gasteiger partial charge in [0, 0.05) is 24.5 Å². The Morgan fingerprint density at radius 3 is 2.50 bits per heavy atom. The van der Waals surface area contributed by atoms with E-state index in [0.717, 1.165) is 16.5 Å². The van der Waals surface area contributed by atoms with E-state index >= 15 is 0 Å². The van der Waals surface area contributed by atoms with Crippen molar-refractivity contribution < 1.29 is 24.3 Å². The van der Waals surface area contributed by atoms with Crippen molar-refractivity contribution in [3.63, 3.8) is 0 Å². The van der Waals surface area contributed by atoms with E-state index in [-0.39, 0.29) is 43.7 Å². The third-order valence-electron chi connectivity index (χ3n) is 8.39. The van der Waals surface area contributed by atoms with Crippen LogP contribution in [0.25, 0.3) is 10.9 Å². The second-order valence-electron chi connectivity index (χ2n) is 11.8. The average molecular weight is 601 g/mol. The van der Waals surface area contributed by atoms with Crippen LogP contribution >= 0.6 is 0 Å². The molecule has 2 aliphatic rings. The molecule has 5 rings (SSSR count). The number of hydrogen-bond acceptors (Lipinski definition) is 7. The maximum absolute atomic E-state index is 14.0. The quantitative estimate of drug-likeness (QED) is 0.277. The summed E-state index contributed by atoms with van der Waals surface area (Å²) in [7, 11) is 1.68. The first-order chi connectivity index (χ1) is 21.2. The molecule has 0 saturated carbocycles. The lowest BCUT2D eigenvalue weighted by atomic mass is 10.1. The molecule has 44 heavy (non-hydrogen) atoms. The molecule has 0 spiro atoms. The van der Waals surface area contributed by atoms with E-state index in [2.05, 4.69) is 20.9 Å². The highest BCUT2D eigenvalue weighted by molar-refractivity contribution is 6.00. The molecule has 0 bridgehead atoms. The molecule has 11 nitrogen and oxygen atoms in total. The van der Waals surface area contributed by atoms with Gasteiger partial charge in [0.1, 0.15) is 18.2 Å². The van der Waals surface area contributed by atoms with Gasteiger partial charge in [0.05, 0.1) is 23.9 Å². The van der Waals surface area contributed by atoms with E-state index in [9.17, 15) is 24.3 Å². The maximum atomic E-state index is 14.0. The SMILES string of the molecule is CNCC(=O)N1CC(C)CC1C(=O)N1CC(NC(=O)C(O)CCc2ccccc2)CC1C(=O)Nc1cnc2ccccc2c1. The molecular formula is C33H40N6O5. The van der Waals surface area contributed by atoms with Crippen LogP contribution in [-0.4, -0.2) is 94.4 Å². The van der Waals surface area contributed by atoms with E-state index in [4.69, 9.17) is 0 Å². The summed E-state index contributed by atoms with van der Waals surface area (Å²) in [5.74, 6) is -1.33. The van der Waals surface area contributed by atoms with Gasteiger partial charge in [-0.2, -0.15) is 0 Å². The number of likely N-dealkylation sites (tertiary alicyclic amines) is 2. The lowest BCUT2D eigenvalue weighted by Gasteiger charge is -2.31. The summed E-state index contributed by atoms with van der Waals surface area (Å²) in [6.07, 6.45) is 1.77. The van der Waals surface area contributed by atoms with Gasteiger partial charge in [0.25, 0.3) is 0 Å². The molecule has 5 atom stereocenters. The third kappa shape index (κ3) is 7.23. The molecule has 0 radical (unpaired) electrons. The molecule has 2 aromatic carbocycles. The summed E-state index contributed by atoms with van der Waals surface area (Å²) in [4.78, 5) is 61.0. The van der Waals surface area contributed by atoms with Crippen LogP contribution in [0.3, 0.4) is 0 Å². The number of nitrogens with one attached hydrogen (secondary N) is 3. The molecule has 5 unspecified atom stereocenters. The zero-order valence-electron chi connectivity index (χ0n) is 25.1. The van der Waals surface area contributed by atoms with Crippen molar-refractivity contribution in [3.05, 3.63) is 72.4 Å². The number of aliphatic hydroxyl groups is 1. The minimum absolute atomic E-state index is 0.0863. The summed E-state index contributed by atoms with van der Waals surface area (Å²) >= 11 is 0. The Balaban J connectivity index is 1.32. The largest absolute Gasteiger partial charge is 0.383 e. The first-order valence-corrected chi connectivity index (χ1v) is 15.2. The summed E-state index contributed by atoms with van der Waals surface area (Å²) in [5.41, 5.74) is 2.30. The van der Waals surface area contributed by atoms with Gasteiger partial charge in [-0.15, -0.1) is 0 Å². The first kappa shape index (κ1) is 31.1. The highest BCUT2D eigenvalue weighted by Crippen LogP contribution is 2.29. The van der Waals surface area contributed by atoms with Crippen molar-refractivity contribution in [2.24, 2.45) is 5.92 Å². The van der Waals surface area contributed by atoms with Crippen LogP contribution in [0.2, 0.25) is 0 Å². The molecule has 2 fully saturated rings. The summed E-state index contributed by atoms with van der Waals surface area (Å²) in [6, 6.07) is 16.8. The number of aryl methyl sites for hydroxylation is 1. The van der Waals surface area contributed by atoms with Crippen molar-refractivity contribution in [2.75, 3.05) is 32.0 Å². The van der Waals surface area contributed by atoms with Crippen LogP contribution < -0.4 is 16.0 Å². The van der Waals surface area contributed by atoms with Crippen LogP contribution in [0.5, 0.6) is 0 Å². The second kappa shape index (κ2) is 14.0. The van der Waals surface area contributed by atoms with Gasteiger partial charge in [-0.05, 0) is 56.3 Å². The molecule has 4 N–H and O–H groups in total. The molecule has 1 aromatic heterocycles. The number of para-hydroxylation sites is 1. The monoisotopic (exact) mass is 600 g/mol. The number of aliphatic hydroxyl groups excluding tert-OH is 1. The number of pyridine rings is 1. The van der Waals surface area contributed by atoms with Gasteiger partial charge in [-0.25, -0.2) is 0 Å². The first-order valence-electron chi connectivity index (χ1n) is 15.2. The highest BCUT2D eigenvalue weighted by Gasteiger charge is 2.46. The standard InChI is InChI=1S/C33H40N6O5/c1-21-14-28(38(19-21)30(41)18-34-2)33(44)39-20-25(37-32(43)29(40)13-12-22-8-4-3-5-9-22)16-27(39)31(42)36-24-15-23-10-6-7-11-26(23)35-17-24/h3-11,15,17,21,25,27-29,34,40H,12-14,16,18-20H2,1-2H3,(H,36,42)(H,37,43). The number of benzene rings is 2. The van der Waals surface area contributed by atoms with E-state index < -0.39 is 36.0 Å². The van der Waals surface area contributed by atoms with Gasteiger partial charge in [-0.3, -0.25) is 24.2 Å². The lowest BCUT2D eigenvalue weighted by molar-refractivity contribution is -0.145. The average Bonchev–Trinajstić information content (AvgIpc) is 3.64. The number of anilines is 1. The Kier molecular flexibility index (Phi) is 9.86. The van der Waals surface area contributed by atoms with Crippen LogP contribution in [0, 0.1) is 5.92 Å². The third-order valence-corrected chi connectivity index (χ3v) is 8.39. The molecular weight excluding hydrogens is 560 g/mol. The van der Waals surface area contributed by atoms with Crippen molar-refractivity contribution in [1.82, 2.24) is 25.4 Å². The van der Waals surface area contributed by atoms with E-state index in [1.807, 2.05) is 67.6 Å². The number of aromatic nitrogens is 1.